The topological polar surface area (TPSA) is 116 Å². The van der Waals surface area contributed by atoms with Crippen LogP contribution in [0.5, 0.6) is 0 Å². The molecule has 1 aliphatic heterocycles. The average molecular weight is 500 g/mol. The van der Waals surface area contributed by atoms with Gasteiger partial charge in [-0.3, -0.25) is 9.59 Å². The summed E-state index contributed by atoms with van der Waals surface area (Å²) in [5.41, 5.74) is 2.42. The standard InChI is InChI=1S/C29H33N5O3/c1-5-19-9-7-10-20(15-19)11-8-12-22-28(35)33-24(29(36)32-22)16-23-26(18(3)4)34-27(31-23)21(6-2)25-17-37-14-13-30-25/h1,7-12,15-16,18,21,25,30H,6,13-14,17H2,2-4H3,(H,31,34)(H,32,36)(H,33,35). The normalized spacial score (nSPS) is 18.0. The minimum atomic E-state index is -0.401. The third-order valence-electron chi connectivity index (χ3n) is 6.46. The van der Waals surface area contributed by atoms with E-state index < -0.39 is 11.1 Å². The van der Waals surface area contributed by atoms with Crippen LogP contribution in [-0.4, -0.2) is 45.7 Å². The van der Waals surface area contributed by atoms with Crippen molar-refractivity contribution < 1.29 is 4.74 Å². The number of hydrogen-bond donors (Lipinski definition) is 4. The van der Waals surface area contributed by atoms with Crippen molar-refractivity contribution in [2.75, 3.05) is 19.8 Å². The summed E-state index contributed by atoms with van der Waals surface area (Å²) >= 11 is 0. The first-order valence-corrected chi connectivity index (χ1v) is 12.6. The fourth-order valence-corrected chi connectivity index (χ4v) is 4.49. The zero-order chi connectivity index (χ0) is 26.4. The minimum Gasteiger partial charge on any atom is -0.378 e. The van der Waals surface area contributed by atoms with E-state index in [2.05, 4.69) is 47.0 Å². The Bertz CT molecular complexity index is 1550. The van der Waals surface area contributed by atoms with Gasteiger partial charge in [-0.1, -0.05) is 51.0 Å². The number of aromatic nitrogens is 4. The monoisotopic (exact) mass is 499 g/mol. The molecule has 4 N–H and O–H groups in total. The molecule has 1 aromatic carbocycles. The van der Waals surface area contributed by atoms with Gasteiger partial charge in [0.15, 0.2) is 0 Å². The van der Waals surface area contributed by atoms with E-state index in [1.807, 2.05) is 30.3 Å². The lowest BCUT2D eigenvalue weighted by Crippen LogP contribution is -2.46. The van der Waals surface area contributed by atoms with Crippen LogP contribution in [0, 0.1) is 12.3 Å². The largest absolute Gasteiger partial charge is 0.378 e. The smallest absolute Gasteiger partial charge is 0.272 e. The molecule has 2 aromatic heterocycles. The van der Waals surface area contributed by atoms with Crippen LogP contribution in [0.25, 0.3) is 18.2 Å². The van der Waals surface area contributed by atoms with Crippen LogP contribution in [0.15, 0.2) is 39.9 Å². The van der Waals surface area contributed by atoms with Crippen molar-refractivity contribution >= 4 is 18.2 Å². The molecule has 0 saturated carbocycles. The predicted octanol–water partition coefficient (Wildman–Crippen LogP) is 1.70. The summed E-state index contributed by atoms with van der Waals surface area (Å²) < 4.78 is 5.66. The number of nitrogens with one attached hydrogen (secondary N) is 4. The quantitative estimate of drug-likeness (QED) is 0.370. The Morgan fingerprint density at radius 3 is 2.68 bits per heavy atom. The van der Waals surface area contributed by atoms with E-state index >= 15 is 0 Å². The molecule has 1 saturated heterocycles. The van der Waals surface area contributed by atoms with E-state index in [0.717, 1.165) is 35.6 Å². The molecule has 4 rings (SSSR count). The van der Waals surface area contributed by atoms with Crippen LogP contribution in [0.2, 0.25) is 0 Å². The van der Waals surface area contributed by atoms with Gasteiger partial charge in [-0.15, -0.1) is 6.42 Å². The van der Waals surface area contributed by atoms with Crippen LogP contribution in [0.4, 0.5) is 0 Å². The molecule has 0 spiro atoms. The summed E-state index contributed by atoms with van der Waals surface area (Å²) in [5.74, 6) is 3.73. The molecular weight excluding hydrogens is 466 g/mol. The lowest BCUT2D eigenvalue weighted by atomic mass is 9.96. The van der Waals surface area contributed by atoms with E-state index in [4.69, 9.17) is 16.1 Å². The van der Waals surface area contributed by atoms with Crippen LogP contribution in [0.1, 0.15) is 67.4 Å². The molecule has 0 aliphatic carbocycles. The Morgan fingerprint density at radius 1 is 1.19 bits per heavy atom. The van der Waals surface area contributed by atoms with Gasteiger partial charge in [-0.05, 0) is 42.2 Å². The summed E-state index contributed by atoms with van der Waals surface area (Å²) in [6, 6.07) is 7.64. The Morgan fingerprint density at radius 2 is 1.97 bits per heavy atom. The molecule has 0 bridgehead atoms. The molecule has 192 valence electrons. The highest BCUT2D eigenvalue weighted by Gasteiger charge is 2.27. The molecule has 0 radical (unpaired) electrons. The minimum absolute atomic E-state index is 0.141. The number of hydrogen-bond acceptors (Lipinski definition) is 5. The third kappa shape index (κ3) is 6.26. The zero-order valence-electron chi connectivity index (χ0n) is 21.4. The second-order valence-electron chi connectivity index (χ2n) is 9.40. The number of imidazole rings is 1. The molecule has 37 heavy (non-hydrogen) atoms. The highest BCUT2D eigenvalue weighted by molar-refractivity contribution is 5.59. The van der Waals surface area contributed by atoms with Crippen LogP contribution in [0.3, 0.4) is 0 Å². The van der Waals surface area contributed by atoms with Crippen molar-refractivity contribution in [1.29, 1.82) is 0 Å². The lowest BCUT2D eigenvalue weighted by Gasteiger charge is -2.29. The van der Waals surface area contributed by atoms with Gasteiger partial charge in [-0.25, -0.2) is 4.98 Å². The van der Waals surface area contributed by atoms with Gasteiger partial charge in [0.05, 0.1) is 18.9 Å². The maximum absolute atomic E-state index is 12.9. The van der Waals surface area contributed by atoms with Crippen molar-refractivity contribution in [1.82, 2.24) is 25.3 Å². The summed E-state index contributed by atoms with van der Waals surface area (Å²) in [6.07, 6.45) is 13.0. The van der Waals surface area contributed by atoms with Crippen molar-refractivity contribution in [3.8, 4) is 12.3 Å². The number of benzene rings is 1. The molecule has 2 atom stereocenters. The van der Waals surface area contributed by atoms with Crippen molar-refractivity contribution in [3.63, 3.8) is 0 Å². The second-order valence-corrected chi connectivity index (χ2v) is 9.40. The fraction of sp³-hybridized carbons (Fsp3) is 0.345. The molecule has 1 aliphatic rings. The first kappa shape index (κ1) is 26.1. The number of aromatic amines is 3. The number of allylic oxidation sites excluding steroid dienone is 1. The zero-order valence-corrected chi connectivity index (χ0v) is 21.4. The summed E-state index contributed by atoms with van der Waals surface area (Å²) in [7, 11) is 0. The van der Waals surface area contributed by atoms with E-state index in [1.165, 1.54) is 0 Å². The Kier molecular flexibility index (Phi) is 8.39. The molecule has 8 nitrogen and oxygen atoms in total. The summed E-state index contributed by atoms with van der Waals surface area (Å²) in [5, 5.41) is 3.83. The van der Waals surface area contributed by atoms with Gasteiger partial charge < -0.3 is 25.0 Å². The highest BCUT2D eigenvalue weighted by atomic mass is 16.5. The molecule has 3 heterocycles. The van der Waals surface area contributed by atoms with Crippen LogP contribution in [-0.2, 0) is 4.74 Å². The maximum Gasteiger partial charge on any atom is 0.272 e. The Hall–Kier alpha value is -3.93. The molecule has 1 fully saturated rings. The van der Waals surface area contributed by atoms with Crippen LogP contribution >= 0.6 is 0 Å². The fourth-order valence-electron chi connectivity index (χ4n) is 4.49. The molecular formula is C29H33N5O3. The third-order valence-corrected chi connectivity index (χ3v) is 6.46. The summed E-state index contributed by atoms with van der Waals surface area (Å²) in [4.78, 5) is 39.3. The molecule has 3 aromatic rings. The molecule has 8 heteroatoms. The number of rotatable bonds is 7. The number of nitrogens with zero attached hydrogens (tertiary/aromatic N) is 1. The van der Waals surface area contributed by atoms with E-state index in [9.17, 15) is 9.59 Å². The van der Waals surface area contributed by atoms with Crippen LogP contribution < -0.4 is 27.1 Å². The molecule has 2 unspecified atom stereocenters. The molecule has 0 amide bonds. The van der Waals surface area contributed by atoms with E-state index in [-0.39, 0.29) is 28.6 Å². The van der Waals surface area contributed by atoms with Crippen molar-refractivity contribution in [2.24, 2.45) is 0 Å². The second kappa shape index (κ2) is 11.9. The van der Waals surface area contributed by atoms with Gasteiger partial charge in [0.1, 0.15) is 16.5 Å². The number of ether oxygens (including phenoxy) is 1. The number of terminal acetylenes is 1. The Labute approximate surface area is 215 Å². The van der Waals surface area contributed by atoms with Gasteiger partial charge in [0.2, 0.25) is 0 Å². The van der Waals surface area contributed by atoms with Gasteiger partial charge >= 0.3 is 0 Å². The average Bonchev–Trinajstić information content (AvgIpc) is 3.31. The lowest BCUT2D eigenvalue weighted by molar-refractivity contribution is 0.0664. The number of H-pyrrole nitrogens is 3. The Balaban J connectivity index is 1.67. The van der Waals surface area contributed by atoms with Gasteiger partial charge in [-0.2, -0.15) is 0 Å². The van der Waals surface area contributed by atoms with Gasteiger partial charge in [0, 0.05) is 29.8 Å². The van der Waals surface area contributed by atoms with Gasteiger partial charge in [0.25, 0.3) is 11.1 Å². The maximum atomic E-state index is 12.9. The van der Waals surface area contributed by atoms with Crippen molar-refractivity contribution in [2.45, 2.75) is 45.1 Å². The first-order valence-electron chi connectivity index (χ1n) is 12.6. The van der Waals surface area contributed by atoms with E-state index in [1.54, 1.807) is 18.2 Å². The van der Waals surface area contributed by atoms with Crippen molar-refractivity contribution in [3.05, 3.63) is 90.1 Å². The SMILES string of the molecule is C#Cc1cccc(C=CC=c2[nH]c(=O)c(=Cc3nc(C(CC)C4COCCN4)[nH]c3C(C)C)[nH]c2=O)c1. The first-order chi connectivity index (χ1) is 17.9. The predicted molar refractivity (Wildman–Crippen MR) is 147 cm³/mol. The number of morpholine rings is 1. The summed E-state index contributed by atoms with van der Waals surface area (Å²) in [6.45, 7) is 8.40. The highest BCUT2D eigenvalue weighted by Crippen LogP contribution is 2.26. The van der Waals surface area contributed by atoms with E-state index in [0.29, 0.717) is 18.9 Å².